The molecule has 1 aromatic heterocycles. The molecule has 0 aliphatic rings. The summed E-state index contributed by atoms with van der Waals surface area (Å²) in [7, 11) is 0. The van der Waals surface area contributed by atoms with Crippen molar-refractivity contribution < 1.29 is 4.74 Å². The highest BCUT2D eigenvalue weighted by Gasteiger charge is 2.08. The van der Waals surface area contributed by atoms with Gasteiger partial charge in [-0.05, 0) is 13.3 Å². The van der Waals surface area contributed by atoms with Crippen LogP contribution in [0.15, 0.2) is 0 Å². The van der Waals surface area contributed by atoms with Crippen LogP contribution in [0, 0.1) is 0 Å². The van der Waals surface area contributed by atoms with E-state index in [1.54, 1.807) is 0 Å². The van der Waals surface area contributed by atoms with Gasteiger partial charge in [-0.25, -0.2) is 0 Å². The zero-order valence-electron chi connectivity index (χ0n) is 9.57. The van der Waals surface area contributed by atoms with Gasteiger partial charge in [-0.1, -0.05) is 6.92 Å². The molecule has 0 unspecified atom stereocenters. The van der Waals surface area contributed by atoms with Crippen molar-refractivity contribution in [3.05, 3.63) is 11.6 Å². The average molecular weight is 212 g/mol. The molecule has 0 saturated carbocycles. The van der Waals surface area contributed by atoms with Crippen molar-refractivity contribution in [2.45, 2.75) is 39.8 Å². The summed E-state index contributed by atoms with van der Waals surface area (Å²) in [6.07, 6.45) is 1.86. The summed E-state index contributed by atoms with van der Waals surface area (Å²) in [5, 5.41) is 8.15. The van der Waals surface area contributed by atoms with E-state index in [-0.39, 0.29) is 0 Å². The van der Waals surface area contributed by atoms with Crippen molar-refractivity contribution in [1.82, 2.24) is 14.8 Å². The van der Waals surface area contributed by atoms with Crippen molar-refractivity contribution in [2.75, 3.05) is 13.2 Å². The average Bonchev–Trinajstić information content (AvgIpc) is 2.66. The molecule has 5 nitrogen and oxygen atoms in total. The highest BCUT2D eigenvalue weighted by molar-refractivity contribution is 4.95. The van der Waals surface area contributed by atoms with Crippen LogP contribution in [0.2, 0.25) is 0 Å². The molecular formula is C10H20N4O. The van der Waals surface area contributed by atoms with E-state index in [9.17, 15) is 0 Å². The van der Waals surface area contributed by atoms with Gasteiger partial charge in [0, 0.05) is 19.6 Å². The van der Waals surface area contributed by atoms with Gasteiger partial charge in [0.15, 0.2) is 0 Å². The number of nitrogens with zero attached hydrogens (tertiary/aromatic N) is 3. The van der Waals surface area contributed by atoms with E-state index in [1.807, 2.05) is 0 Å². The summed E-state index contributed by atoms with van der Waals surface area (Å²) >= 11 is 0. The van der Waals surface area contributed by atoms with E-state index in [1.165, 1.54) is 0 Å². The topological polar surface area (TPSA) is 66.0 Å². The Morgan fingerprint density at radius 2 is 1.93 bits per heavy atom. The second-order valence-corrected chi connectivity index (χ2v) is 3.34. The van der Waals surface area contributed by atoms with E-state index in [0.29, 0.717) is 13.2 Å². The van der Waals surface area contributed by atoms with Crippen LogP contribution in [0.1, 0.15) is 31.9 Å². The molecular weight excluding hydrogens is 192 g/mol. The summed E-state index contributed by atoms with van der Waals surface area (Å²) in [4.78, 5) is 0. The standard InChI is InChI=1S/C10H20N4O/c1-3-6-15-7-5-9-12-13-10(8-11)14(9)4-2/h3-8,11H2,1-2H3. The third-order valence-electron chi connectivity index (χ3n) is 2.22. The third kappa shape index (κ3) is 3.28. The van der Waals surface area contributed by atoms with Crippen LogP contribution in [0.5, 0.6) is 0 Å². The molecule has 15 heavy (non-hydrogen) atoms. The molecule has 0 aliphatic carbocycles. The van der Waals surface area contributed by atoms with Crippen LogP contribution in [0.3, 0.4) is 0 Å². The largest absolute Gasteiger partial charge is 0.381 e. The zero-order chi connectivity index (χ0) is 11.1. The number of rotatable bonds is 7. The summed E-state index contributed by atoms with van der Waals surface area (Å²) < 4.78 is 7.47. The van der Waals surface area contributed by atoms with E-state index in [0.717, 1.165) is 37.6 Å². The van der Waals surface area contributed by atoms with Gasteiger partial charge in [-0.15, -0.1) is 10.2 Å². The van der Waals surface area contributed by atoms with Crippen LogP contribution >= 0.6 is 0 Å². The van der Waals surface area contributed by atoms with Gasteiger partial charge in [0.1, 0.15) is 11.6 Å². The van der Waals surface area contributed by atoms with Gasteiger partial charge in [-0.2, -0.15) is 0 Å². The molecule has 0 fully saturated rings. The van der Waals surface area contributed by atoms with Crippen LogP contribution in [0.25, 0.3) is 0 Å². The quantitative estimate of drug-likeness (QED) is 0.676. The molecule has 0 bridgehead atoms. The first-order valence-electron chi connectivity index (χ1n) is 5.52. The fraction of sp³-hybridized carbons (Fsp3) is 0.800. The van der Waals surface area contributed by atoms with E-state index in [4.69, 9.17) is 10.5 Å². The van der Waals surface area contributed by atoms with Gasteiger partial charge in [-0.3, -0.25) is 0 Å². The van der Waals surface area contributed by atoms with E-state index in [2.05, 4.69) is 28.6 Å². The van der Waals surface area contributed by atoms with Gasteiger partial charge >= 0.3 is 0 Å². The van der Waals surface area contributed by atoms with E-state index < -0.39 is 0 Å². The first kappa shape index (κ1) is 12.1. The first-order chi connectivity index (χ1) is 7.33. The molecule has 5 heteroatoms. The van der Waals surface area contributed by atoms with Crippen molar-refractivity contribution >= 4 is 0 Å². The Balaban J connectivity index is 2.49. The maximum absolute atomic E-state index is 5.56. The van der Waals surface area contributed by atoms with Crippen LogP contribution < -0.4 is 5.73 Å². The Morgan fingerprint density at radius 3 is 2.53 bits per heavy atom. The summed E-state index contributed by atoms with van der Waals surface area (Å²) in [6.45, 7) is 6.99. The monoisotopic (exact) mass is 212 g/mol. The Morgan fingerprint density at radius 1 is 1.20 bits per heavy atom. The van der Waals surface area contributed by atoms with Gasteiger partial charge in [0.2, 0.25) is 0 Å². The van der Waals surface area contributed by atoms with Crippen molar-refractivity contribution in [3.63, 3.8) is 0 Å². The molecule has 1 aromatic rings. The first-order valence-corrected chi connectivity index (χ1v) is 5.52. The molecule has 1 heterocycles. The lowest BCUT2D eigenvalue weighted by atomic mass is 10.4. The minimum Gasteiger partial charge on any atom is -0.381 e. The van der Waals surface area contributed by atoms with Crippen molar-refractivity contribution in [3.8, 4) is 0 Å². The molecule has 0 aliphatic heterocycles. The molecule has 0 atom stereocenters. The van der Waals surface area contributed by atoms with Crippen LogP contribution in [-0.4, -0.2) is 28.0 Å². The summed E-state index contributed by atoms with van der Waals surface area (Å²) in [5.74, 6) is 1.82. The molecule has 0 amide bonds. The molecule has 2 N–H and O–H groups in total. The van der Waals surface area contributed by atoms with Crippen LogP contribution in [0.4, 0.5) is 0 Å². The minimum absolute atomic E-state index is 0.441. The Hall–Kier alpha value is -0.940. The molecule has 86 valence electrons. The van der Waals surface area contributed by atoms with Gasteiger partial charge in [0.05, 0.1) is 13.2 Å². The lowest BCUT2D eigenvalue weighted by molar-refractivity contribution is 0.136. The second-order valence-electron chi connectivity index (χ2n) is 3.34. The van der Waals surface area contributed by atoms with Crippen molar-refractivity contribution in [1.29, 1.82) is 0 Å². The number of nitrogens with two attached hydrogens (primary N) is 1. The van der Waals surface area contributed by atoms with Gasteiger partial charge < -0.3 is 15.0 Å². The fourth-order valence-corrected chi connectivity index (χ4v) is 1.48. The lowest BCUT2D eigenvalue weighted by Gasteiger charge is -2.06. The summed E-state index contributed by atoms with van der Waals surface area (Å²) in [5.41, 5.74) is 5.56. The van der Waals surface area contributed by atoms with Gasteiger partial charge in [0.25, 0.3) is 0 Å². The smallest absolute Gasteiger partial charge is 0.146 e. The Labute approximate surface area is 90.6 Å². The number of ether oxygens (including phenoxy) is 1. The number of hydrogen-bond donors (Lipinski definition) is 1. The van der Waals surface area contributed by atoms with E-state index >= 15 is 0 Å². The molecule has 0 saturated heterocycles. The minimum atomic E-state index is 0.441. The third-order valence-corrected chi connectivity index (χ3v) is 2.22. The predicted molar refractivity (Wildman–Crippen MR) is 58.4 cm³/mol. The highest BCUT2D eigenvalue weighted by Crippen LogP contribution is 2.02. The van der Waals surface area contributed by atoms with Crippen molar-refractivity contribution in [2.24, 2.45) is 5.73 Å². The summed E-state index contributed by atoms with van der Waals surface area (Å²) in [6, 6.07) is 0. The Kier molecular flexibility index (Phi) is 5.28. The zero-order valence-corrected chi connectivity index (χ0v) is 9.57. The maximum Gasteiger partial charge on any atom is 0.146 e. The molecule has 1 rings (SSSR count). The highest BCUT2D eigenvalue weighted by atomic mass is 16.5. The molecule has 0 spiro atoms. The normalized spacial score (nSPS) is 10.9. The Bertz CT molecular complexity index is 285. The van der Waals surface area contributed by atoms with Crippen LogP contribution in [-0.2, 0) is 24.2 Å². The number of hydrogen-bond acceptors (Lipinski definition) is 4. The second kappa shape index (κ2) is 6.53. The molecule has 0 radical (unpaired) electrons. The fourth-order valence-electron chi connectivity index (χ4n) is 1.48. The molecule has 0 aromatic carbocycles. The maximum atomic E-state index is 5.56. The predicted octanol–water partition coefficient (Wildman–Crippen LogP) is 0.726. The SMILES string of the molecule is CCCOCCc1nnc(CN)n1CC. The number of aromatic nitrogens is 3. The lowest BCUT2D eigenvalue weighted by Crippen LogP contribution is -2.11.